The van der Waals surface area contributed by atoms with Gasteiger partial charge in [-0.15, -0.1) is 0 Å². The molecule has 2 aliphatic carbocycles. The number of ether oxygens (including phenoxy) is 1. The second-order valence-corrected chi connectivity index (χ2v) is 8.86. The number of allylic oxidation sites excluding steroid dienone is 1. The molecule has 0 heterocycles. The number of hydrogen-bond acceptors (Lipinski definition) is 4. The number of alkyl carbamates (subject to hydrolysis) is 1. The highest BCUT2D eigenvalue weighted by atomic mass is 16.5. The minimum atomic E-state index is -0.916. The summed E-state index contributed by atoms with van der Waals surface area (Å²) in [6.07, 6.45) is 4.67. The summed E-state index contributed by atoms with van der Waals surface area (Å²) in [4.78, 5) is 36.3. The first-order valence-electron chi connectivity index (χ1n) is 11.8. The van der Waals surface area contributed by atoms with E-state index in [2.05, 4.69) is 34.9 Å². The highest BCUT2D eigenvalue weighted by molar-refractivity contribution is 5.81. The molecule has 178 valence electrons. The van der Waals surface area contributed by atoms with Gasteiger partial charge in [0.15, 0.2) is 0 Å². The van der Waals surface area contributed by atoms with Crippen molar-refractivity contribution in [3.63, 3.8) is 0 Å². The third-order valence-electron chi connectivity index (χ3n) is 6.71. The zero-order valence-corrected chi connectivity index (χ0v) is 19.2. The Hall–Kier alpha value is -3.61. The van der Waals surface area contributed by atoms with Crippen LogP contribution in [0.15, 0.2) is 60.7 Å². The number of carboxylic acids is 1. The summed E-state index contributed by atoms with van der Waals surface area (Å²) >= 11 is 0. The molecule has 3 N–H and O–H groups in total. The van der Waals surface area contributed by atoms with Crippen molar-refractivity contribution in [2.24, 2.45) is 11.8 Å². The van der Waals surface area contributed by atoms with Gasteiger partial charge in [0, 0.05) is 18.4 Å². The highest BCUT2D eigenvalue weighted by Gasteiger charge is 2.30. The maximum Gasteiger partial charge on any atom is 0.407 e. The summed E-state index contributed by atoms with van der Waals surface area (Å²) < 4.78 is 5.61. The van der Waals surface area contributed by atoms with Crippen LogP contribution in [0.4, 0.5) is 4.79 Å². The fraction of sp³-hybridized carbons (Fsp3) is 0.370. The van der Waals surface area contributed by atoms with E-state index in [-0.39, 0.29) is 36.9 Å². The van der Waals surface area contributed by atoms with E-state index < -0.39 is 18.0 Å². The lowest BCUT2D eigenvalue weighted by atomic mass is 9.90. The van der Waals surface area contributed by atoms with Crippen LogP contribution in [0.3, 0.4) is 0 Å². The summed E-state index contributed by atoms with van der Waals surface area (Å²) in [7, 11) is 0. The van der Waals surface area contributed by atoms with E-state index >= 15 is 0 Å². The highest BCUT2D eigenvalue weighted by Crippen LogP contribution is 2.44. The first-order valence-corrected chi connectivity index (χ1v) is 11.8. The van der Waals surface area contributed by atoms with Gasteiger partial charge in [-0.25, -0.2) is 4.79 Å². The second kappa shape index (κ2) is 10.5. The Kier molecular flexibility index (Phi) is 7.30. The van der Waals surface area contributed by atoms with Crippen LogP contribution in [0.5, 0.6) is 0 Å². The topological polar surface area (TPSA) is 105 Å². The summed E-state index contributed by atoms with van der Waals surface area (Å²) in [5, 5.41) is 14.7. The lowest BCUT2D eigenvalue weighted by Gasteiger charge is -2.25. The summed E-state index contributed by atoms with van der Waals surface area (Å²) in [5.74, 6) is -2.04. The van der Waals surface area contributed by atoms with Crippen LogP contribution in [-0.2, 0) is 14.3 Å². The Morgan fingerprint density at radius 1 is 1.06 bits per heavy atom. The Balaban J connectivity index is 1.30. The number of carboxylic acid groups (broad SMARTS) is 1. The van der Waals surface area contributed by atoms with Crippen molar-refractivity contribution in [2.75, 3.05) is 13.2 Å². The van der Waals surface area contributed by atoms with Crippen molar-refractivity contribution >= 4 is 18.0 Å². The minimum Gasteiger partial charge on any atom is -0.481 e. The Morgan fingerprint density at radius 3 is 2.32 bits per heavy atom. The van der Waals surface area contributed by atoms with E-state index in [1.165, 1.54) is 11.1 Å². The van der Waals surface area contributed by atoms with Gasteiger partial charge in [-0.3, -0.25) is 9.59 Å². The van der Waals surface area contributed by atoms with Crippen LogP contribution < -0.4 is 10.6 Å². The molecule has 2 aliphatic rings. The third kappa shape index (κ3) is 5.14. The van der Waals surface area contributed by atoms with Crippen LogP contribution >= 0.6 is 0 Å². The lowest BCUT2D eigenvalue weighted by molar-refractivity contribution is -0.141. The zero-order valence-electron chi connectivity index (χ0n) is 19.2. The second-order valence-electron chi connectivity index (χ2n) is 8.86. The molecular weight excluding hydrogens is 432 g/mol. The number of rotatable bonds is 8. The van der Waals surface area contributed by atoms with E-state index in [0.717, 1.165) is 11.1 Å². The molecule has 2 aromatic rings. The molecule has 0 bridgehead atoms. The van der Waals surface area contributed by atoms with Crippen LogP contribution in [0.1, 0.15) is 43.2 Å². The number of aliphatic carboxylic acids is 1. The van der Waals surface area contributed by atoms with Crippen LogP contribution in [-0.4, -0.2) is 42.3 Å². The predicted molar refractivity (Wildman–Crippen MR) is 128 cm³/mol. The molecule has 0 fully saturated rings. The van der Waals surface area contributed by atoms with Gasteiger partial charge in [0.1, 0.15) is 6.61 Å². The van der Waals surface area contributed by atoms with E-state index in [1.54, 1.807) is 6.92 Å². The molecule has 0 aromatic heterocycles. The van der Waals surface area contributed by atoms with Gasteiger partial charge in [-0.1, -0.05) is 67.6 Å². The van der Waals surface area contributed by atoms with E-state index in [0.29, 0.717) is 19.3 Å². The molecular formula is C27H30N2O5. The van der Waals surface area contributed by atoms with Crippen molar-refractivity contribution in [3.05, 3.63) is 71.8 Å². The molecule has 0 saturated heterocycles. The number of fused-ring (bicyclic) bond motifs is 3. The minimum absolute atomic E-state index is 0.0145. The van der Waals surface area contributed by atoms with Crippen molar-refractivity contribution in [1.82, 2.24) is 10.6 Å². The van der Waals surface area contributed by atoms with E-state index in [1.807, 2.05) is 36.4 Å². The molecule has 3 atom stereocenters. The van der Waals surface area contributed by atoms with Gasteiger partial charge in [0.2, 0.25) is 5.91 Å². The molecule has 2 amide bonds. The molecule has 3 unspecified atom stereocenters. The fourth-order valence-electron chi connectivity index (χ4n) is 4.78. The van der Waals surface area contributed by atoms with Crippen molar-refractivity contribution in [1.29, 1.82) is 0 Å². The van der Waals surface area contributed by atoms with Gasteiger partial charge in [0.25, 0.3) is 0 Å². The SMILES string of the molecule is CCC(CNC(=O)C1CC=CC(NC(=O)OCC2c3ccccc3-c3ccccc32)C1)C(=O)O. The number of carbonyl (C=O) groups is 3. The van der Waals surface area contributed by atoms with Crippen LogP contribution in [0, 0.1) is 11.8 Å². The summed E-state index contributed by atoms with van der Waals surface area (Å²) in [6, 6.07) is 16.0. The average molecular weight is 463 g/mol. The lowest BCUT2D eigenvalue weighted by Crippen LogP contribution is -2.42. The number of benzene rings is 2. The molecule has 0 aliphatic heterocycles. The number of hydrogen-bond donors (Lipinski definition) is 3. The smallest absolute Gasteiger partial charge is 0.407 e. The van der Waals surface area contributed by atoms with Crippen molar-refractivity contribution in [2.45, 2.75) is 38.1 Å². The fourth-order valence-corrected chi connectivity index (χ4v) is 4.78. The van der Waals surface area contributed by atoms with Crippen LogP contribution in [0.2, 0.25) is 0 Å². The number of amides is 2. The Bertz CT molecular complexity index is 1050. The molecule has 4 rings (SSSR count). The molecule has 0 radical (unpaired) electrons. The van der Waals surface area contributed by atoms with Gasteiger partial charge >= 0.3 is 12.1 Å². The Labute approximate surface area is 199 Å². The van der Waals surface area contributed by atoms with E-state index in [9.17, 15) is 14.4 Å². The molecule has 7 heteroatoms. The van der Waals surface area contributed by atoms with Crippen molar-refractivity contribution < 1.29 is 24.2 Å². The molecule has 0 saturated carbocycles. The molecule has 2 aromatic carbocycles. The third-order valence-corrected chi connectivity index (χ3v) is 6.71. The maximum atomic E-state index is 12.6. The number of carbonyl (C=O) groups excluding carboxylic acids is 2. The molecule has 7 nitrogen and oxygen atoms in total. The predicted octanol–water partition coefficient (Wildman–Crippen LogP) is 4.09. The molecule has 34 heavy (non-hydrogen) atoms. The molecule has 0 spiro atoms. The van der Waals surface area contributed by atoms with Gasteiger partial charge < -0.3 is 20.5 Å². The summed E-state index contributed by atoms with van der Waals surface area (Å²) in [6.45, 7) is 2.12. The first-order chi connectivity index (χ1) is 16.5. The normalized spacial score (nSPS) is 19.6. The van der Waals surface area contributed by atoms with Gasteiger partial charge in [-0.05, 0) is 41.5 Å². The van der Waals surface area contributed by atoms with Gasteiger partial charge in [-0.2, -0.15) is 0 Å². The average Bonchev–Trinajstić information content (AvgIpc) is 3.16. The zero-order chi connectivity index (χ0) is 24.1. The monoisotopic (exact) mass is 462 g/mol. The first kappa shape index (κ1) is 23.5. The largest absolute Gasteiger partial charge is 0.481 e. The quantitative estimate of drug-likeness (QED) is 0.513. The van der Waals surface area contributed by atoms with Crippen molar-refractivity contribution in [3.8, 4) is 11.1 Å². The number of nitrogens with one attached hydrogen (secondary N) is 2. The van der Waals surface area contributed by atoms with Gasteiger partial charge in [0.05, 0.1) is 12.0 Å². The summed E-state index contributed by atoms with van der Waals surface area (Å²) in [5.41, 5.74) is 4.64. The van der Waals surface area contributed by atoms with Crippen LogP contribution in [0.25, 0.3) is 11.1 Å². The van der Waals surface area contributed by atoms with E-state index in [4.69, 9.17) is 9.84 Å². The standard InChI is InChI=1S/C27H30N2O5/c1-2-17(26(31)32)15-28-25(30)18-8-7-9-19(14-18)29-27(33)34-16-24-22-12-5-3-10-20(22)21-11-4-6-13-23(21)24/h3-7,9-13,17-19,24H,2,8,14-16H2,1H3,(H,28,30)(H,29,33)(H,31,32). The Morgan fingerprint density at radius 2 is 1.71 bits per heavy atom. The maximum absolute atomic E-state index is 12.6.